The summed E-state index contributed by atoms with van der Waals surface area (Å²) in [7, 11) is 0. The highest BCUT2D eigenvalue weighted by atomic mass is 16.6. The third-order valence-corrected chi connectivity index (χ3v) is 8.14. The highest BCUT2D eigenvalue weighted by Gasteiger charge is 2.61. The number of rotatable bonds is 0. The fourth-order valence-corrected chi connectivity index (χ4v) is 6.78. The first-order chi connectivity index (χ1) is 11.1. The van der Waals surface area contributed by atoms with E-state index in [4.69, 9.17) is 4.74 Å². The molecule has 3 unspecified atom stereocenters. The molecule has 4 fully saturated rings. The molecule has 2 nitrogen and oxygen atoms in total. The molecule has 0 bridgehead atoms. The molecule has 0 aromatic carbocycles. The number of aliphatic hydroxyl groups is 1. The molecule has 0 radical (unpaired) electrons. The largest absolute Gasteiger partial charge is 0.377 e. The summed E-state index contributed by atoms with van der Waals surface area (Å²) in [6.45, 7) is 4.16. The average molecular weight is 312 g/mol. The Morgan fingerprint density at radius 2 is 2.00 bits per heavy atom. The molecule has 1 N–H and O–H groups in total. The molecule has 5 aliphatic rings. The van der Waals surface area contributed by atoms with Gasteiger partial charge in [0.05, 0.1) is 12.2 Å². The van der Waals surface area contributed by atoms with Gasteiger partial charge in [0, 0.05) is 5.41 Å². The molecule has 0 spiro atoms. The lowest BCUT2D eigenvalue weighted by Crippen LogP contribution is -2.49. The number of hydrogen-bond donors (Lipinski definition) is 1. The minimum absolute atomic E-state index is 0.0513. The van der Waals surface area contributed by atoms with Crippen LogP contribution in [0.4, 0.5) is 0 Å². The maximum Gasteiger partial charge on any atom is 0.131 e. The van der Waals surface area contributed by atoms with E-state index >= 15 is 0 Å². The summed E-state index contributed by atoms with van der Waals surface area (Å²) in [4.78, 5) is 0. The lowest BCUT2D eigenvalue weighted by Gasteiger charge is -2.51. The van der Waals surface area contributed by atoms with Crippen LogP contribution in [0.5, 0.6) is 0 Å². The standard InChI is InChI=1S/C21H28O2/c1-3-8-21(22)10-7-17-15-5-4-13-11-18-19(23-18)12-16(13)14(15)6-9-20(17,21)2/h6,13,15-19,22H,4-5,7,9-12H2,1-2H3/t13?,15-,16+,17+,18?,19?,20+,21+/m1/s1. The van der Waals surface area contributed by atoms with Crippen molar-refractivity contribution in [3.05, 3.63) is 11.6 Å². The summed E-state index contributed by atoms with van der Waals surface area (Å²) in [5, 5.41) is 11.2. The minimum Gasteiger partial charge on any atom is -0.377 e. The van der Waals surface area contributed by atoms with Crippen molar-refractivity contribution < 1.29 is 9.84 Å². The monoisotopic (exact) mass is 312 g/mol. The van der Waals surface area contributed by atoms with Gasteiger partial charge in [0.1, 0.15) is 5.60 Å². The minimum atomic E-state index is -0.775. The van der Waals surface area contributed by atoms with E-state index in [1.165, 1.54) is 25.7 Å². The van der Waals surface area contributed by atoms with Gasteiger partial charge >= 0.3 is 0 Å². The van der Waals surface area contributed by atoms with E-state index in [0.717, 1.165) is 31.1 Å². The number of epoxide rings is 1. The molecule has 8 atom stereocenters. The zero-order valence-corrected chi connectivity index (χ0v) is 14.3. The van der Waals surface area contributed by atoms with Crippen LogP contribution in [0.3, 0.4) is 0 Å². The molecular formula is C21H28O2. The fraction of sp³-hybridized carbons (Fsp3) is 0.810. The highest BCUT2D eigenvalue weighted by molar-refractivity contribution is 5.32. The van der Waals surface area contributed by atoms with E-state index in [2.05, 4.69) is 24.8 Å². The molecule has 5 rings (SSSR count). The van der Waals surface area contributed by atoms with E-state index in [9.17, 15) is 5.11 Å². The SMILES string of the molecule is CC#C[C@]1(O)CC[C@H]2[C@@H]3CCC4CC5OC5C[C@@H]4C3=CC[C@@]21C. The fourth-order valence-electron chi connectivity index (χ4n) is 6.78. The lowest BCUT2D eigenvalue weighted by atomic mass is 9.53. The van der Waals surface area contributed by atoms with Gasteiger partial charge in [-0.3, -0.25) is 0 Å². The molecule has 23 heavy (non-hydrogen) atoms. The zero-order chi connectivity index (χ0) is 15.8. The molecule has 4 aliphatic carbocycles. The highest BCUT2D eigenvalue weighted by Crippen LogP contribution is 2.64. The van der Waals surface area contributed by atoms with Gasteiger partial charge in [-0.15, -0.1) is 5.92 Å². The number of fused-ring (bicyclic) bond motifs is 6. The Bertz CT molecular complexity index is 625. The quantitative estimate of drug-likeness (QED) is 0.420. The molecular weight excluding hydrogens is 284 g/mol. The van der Waals surface area contributed by atoms with E-state index in [1.807, 2.05) is 6.92 Å². The van der Waals surface area contributed by atoms with Gasteiger partial charge in [0.25, 0.3) is 0 Å². The summed E-state index contributed by atoms with van der Waals surface area (Å²) < 4.78 is 5.84. The van der Waals surface area contributed by atoms with E-state index in [0.29, 0.717) is 24.0 Å². The maximum absolute atomic E-state index is 11.2. The van der Waals surface area contributed by atoms with Gasteiger partial charge in [0.2, 0.25) is 0 Å². The van der Waals surface area contributed by atoms with Crippen LogP contribution in [0.1, 0.15) is 58.8 Å². The number of allylic oxidation sites excluding steroid dienone is 2. The Morgan fingerprint density at radius 3 is 2.83 bits per heavy atom. The summed E-state index contributed by atoms with van der Waals surface area (Å²) >= 11 is 0. The summed E-state index contributed by atoms with van der Waals surface area (Å²) in [6.07, 6.45) is 11.9. The van der Waals surface area contributed by atoms with Crippen molar-refractivity contribution in [3.8, 4) is 11.8 Å². The maximum atomic E-state index is 11.2. The summed E-state index contributed by atoms with van der Waals surface area (Å²) in [5.74, 6) is 9.13. The summed E-state index contributed by atoms with van der Waals surface area (Å²) in [6, 6.07) is 0. The number of hydrogen-bond acceptors (Lipinski definition) is 2. The van der Waals surface area contributed by atoms with Gasteiger partial charge in [-0.25, -0.2) is 0 Å². The molecule has 1 heterocycles. The first kappa shape index (κ1) is 14.6. The smallest absolute Gasteiger partial charge is 0.131 e. The lowest BCUT2D eigenvalue weighted by molar-refractivity contribution is -0.0395. The van der Waals surface area contributed by atoms with Gasteiger partial charge in [0.15, 0.2) is 0 Å². The van der Waals surface area contributed by atoms with Crippen LogP contribution >= 0.6 is 0 Å². The molecule has 124 valence electrons. The molecule has 0 amide bonds. The van der Waals surface area contributed by atoms with Crippen LogP contribution in [0, 0.1) is 40.9 Å². The van der Waals surface area contributed by atoms with Crippen LogP contribution in [0.2, 0.25) is 0 Å². The van der Waals surface area contributed by atoms with Crippen LogP contribution in [-0.4, -0.2) is 22.9 Å². The predicted octanol–water partition coefficient (Wildman–Crippen LogP) is 3.69. The van der Waals surface area contributed by atoms with Gasteiger partial charge < -0.3 is 9.84 Å². The van der Waals surface area contributed by atoms with Crippen LogP contribution in [0.25, 0.3) is 0 Å². The van der Waals surface area contributed by atoms with Crippen molar-refractivity contribution in [2.75, 3.05) is 0 Å². The van der Waals surface area contributed by atoms with Crippen molar-refractivity contribution >= 4 is 0 Å². The van der Waals surface area contributed by atoms with Crippen LogP contribution in [-0.2, 0) is 4.74 Å². The van der Waals surface area contributed by atoms with Crippen molar-refractivity contribution in [1.29, 1.82) is 0 Å². The first-order valence-electron chi connectivity index (χ1n) is 9.57. The van der Waals surface area contributed by atoms with Gasteiger partial charge in [-0.2, -0.15) is 0 Å². The Labute approximate surface area is 139 Å². The van der Waals surface area contributed by atoms with Crippen LogP contribution < -0.4 is 0 Å². The van der Waals surface area contributed by atoms with Crippen LogP contribution in [0.15, 0.2) is 11.6 Å². The Hall–Kier alpha value is -0.780. The van der Waals surface area contributed by atoms with Crippen molar-refractivity contribution in [3.63, 3.8) is 0 Å². The molecule has 3 saturated carbocycles. The second kappa shape index (κ2) is 4.64. The van der Waals surface area contributed by atoms with E-state index in [-0.39, 0.29) is 5.41 Å². The second-order valence-electron chi connectivity index (χ2n) is 8.94. The molecule has 1 saturated heterocycles. The Balaban J connectivity index is 1.49. The summed E-state index contributed by atoms with van der Waals surface area (Å²) in [5.41, 5.74) is 0.915. The molecule has 0 aromatic heterocycles. The normalized spacial score (nSPS) is 56.2. The second-order valence-corrected chi connectivity index (χ2v) is 8.94. The Kier molecular flexibility index (Phi) is 2.94. The molecule has 2 heteroatoms. The molecule has 0 aromatic rings. The van der Waals surface area contributed by atoms with E-state index < -0.39 is 5.60 Å². The van der Waals surface area contributed by atoms with Crippen molar-refractivity contribution in [2.24, 2.45) is 29.1 Å². The average Bonchev–Trinajstić information content (AvgIpc) is 3.24. The zero-order valence-electron chi connectivity index (χ0n) is 14.3. The predicted molar refractivity (Wildman–Crippen MR) is 89.5 cm³/mol. The third-order valence-electron chi connectivity index (χ3n) is 8.14. The first-order valence-corrected chi connectivity index (χ1v) is 9.57. The van der Waals surface area contributed by atoms with Crippen molar-refractivity contribution in [1.82, 2.24) is 0 Å². The van der Waals surface area contributed by atoms with Gasteiger partial charge in [-0.05, 0) is 75.5 Å². The Morgan fingerprint density at radius 1 is 1.17 bits per heavy atom. The third kappa shape index (κ3) is 1.84. The van der Waals surface area contributed by atoms with Crippen molar-refractivity contribution in [2.45, 2.75) is 76.6 Å². The van der Waals surface area contributed by atoms with E-state index in [1.54, 1.807) is 5.57 Å². The topological polar surface area (TPSA) is 32.8 Å². The molecule has 1 aliphatic heterocycles. The number of ether oxygens (including phenoxy) is 1. The van der Waals surface area contributed by atoms with Gasteiger partial charge in [-0.1, -0.05) is 24.5 Å².